The third-order valence-corrected chi connectivity index (χ3v) is 6.92. The summed E-state index contributed by atoms with van der Waals surface area (Å²) in [7, 11) is 1.78. The summed E-state index contributed by atoms with van der Waals surface area (Å²) in [5.41, 5.74) is 8.63. The van der Waals surface area contributed by atoms with Gasteiger partial charge in [-0.25, -0.2) is 4.98 Å². The Morgan fingerprint density at radius 2 is 2.06 bits per heavy atom. The number of ether oxygens (including phenoxy) is 1. The van der Waals surface area contributed by atoms with Gasteiger partial charge in [-0.05, 0) is 50.8 Å². The molecule has 1 aliphatic heterocycles. The molecule has 2 heterocycles. The summed E-state index contributed by atoms with van der Waals surface area (Å²) in [4.78, 5) is 20.3. The SMILES string of the molecule is CCC(N)NC(=O)c1cc2cc(C)ccc2nc1N1CCC(NC2CCCC2)C(OC)C1. The van der Waals surface area contributed by atoms with Crippen molar-refractivity contribution < 1.29 is 9.53 Å². The van der Waals surface area contributed by atoms with Gasteiger partial charge < -0.3 is 26.0 Å². The van der Waals surface area contributed by atoms with E-state index in [0.29, 0.717) is 36.4 Å². The van der Waals surface area contributed by atoms with Gasteiger partial charge in [0.15, 0.2) is 0 Å². The Morgan fingerprint density at radius 3 is 2.78 bits per heavy atom. The molecule has 0 radical (unpaired) electrons. The summed E-state index contributed by atoms with van der Waals surface area (Å²) in [6.45, 7) is 5.53. The molecule has 1 saturated heterocycles. The van der Waals surface area contributed by atoms with E-state index in [1.807, 2.05) is 26.0 Å². The van der Waals surface area contributed by atoms with E-state index < -0.39 is 0 Å². The first-order valence-corrected chi connectivity index (χ1v) is 12.0. The highest BCUT2D eigenvalue weighted by atomic mass is 16.5. The molecule has 7 nitrogen and oxygen atoms in total. The van der Waals surface area contributed by atoms with Gasteiger partial charge in [-0.3, -0.25) is 4.79 Å². The topological polar surface area (TPSA) is 92.5 Å². The molecule has 0 bridgehead atoms. The van der Waals surface area contributed by atoms with Crippen molar-refractivity contribution in [2.45, 2.75) is 76.7 Å². The molecule has 2 aliphatic rings. The predicted molar refractivity (Wildman–Crippen MR) is 129 cm³/mol. The van der Waals surface area contributed by atoms with Crippen LogP contribution in [0.4, 0.5) is 5.82 Å². The quantitative estimate of drug-likeness (QED) is 0.574. The summed E-state index contributed by atoms with van der Waals surface area (Å²) in [5.74, 6) is 0.536. The van der Waals surface area contributed by atoms with Crippen LogP contribution in [0, 0.1) is 6.92 Å². The standard InChI is InChI=1S/C25H37N5O2/c1-4-23(26)29-25(31)19-14-17-13-16(2)9-10-20(17)28-24(19)30-12-11-21(22(15-30)32-3)27-18-7-5-6-8-18/h9-10,13-14,18,21-23,27H,4-8,11-12,15,26H2,1-3H3,(H,29,31). The van der Waals surface area contributed by atoms with Crippen LogP contribution in [0.1, 0.15) is 61.4 Å². The molecule has 2 fully saturated rings. The lowest BCUT2D eigenvalue weighted by Gasteiger charge is -2.40. The van der Waals surface area contributed by atoms with Gasteiger partial charge in [0.05, 0.1) is 23.3 Å². The molecular formula is C25H37N5O2. The van der Waals surface area contributed by atoms with Gasteiger partial charge in [0.25, 0.3) is 5.91 Å². The molecule has 1 saturated carbocycles. The molecular weight excluding hydrogens is 402 g/mol. The van der Waals surface area contributed by atoms with Gasteiger partial charge in [-0.1, -0.05) is 31.4 Å². The number of nitrogens with one attached hydrogen (secondary N) is 2. The Labute approximate surface area is 191 Å². The highest BCUT2D eigenvalue weighted by Crippen LogP contribution is 2.29. The fourth-order valence-corrected chi connectivity index (χ4v) is 4.98. The van der Waals surface area contributed by atoms with Crippen LogP contribution >= 0.6 is 0 Å². The van der Waals surface area contributed by atoms with Crippen LogP contribution in [0.15, 0.2) is 24.3 Å². The maximum atomic E-state index is 13.2. The minimum Gasteiger partial charge on any atom is -0.378 e. The molecule has 2 aromatic rings. The molecule has 3 unspecified atom stereocenters. The van der Waals surface area contributed by atoms with Crippen molar-refractivity contribution in [3.63, 3.8) is 0 Å². The van der Waals surface area contributed by atoms with Crippen molar-refractivity contribution in [3.05, 3.63) is 35.4 Å². The average molecular weight is 440 g/mol. The third kappa shape index (κ3) is 5.05. The maximum absolute atomic E-state index is 13.2. The Morgan fingerprint density at radius 1 is 1.28 bits per heavy atom. The first-order chi connectivity index (χ1) is 15.5. The molecule has 32 heavy (non-hydrogen) atoms. The normalized spacial score (nSPS) is 22.9. The highest BCUT2D eigenvalue weighted by molar-refractivity contribution is 6.02. The first kappa shape index (κ1) is 23.0. The van der Waals surface area contributed by atoms with E-state index in [-0.39, 0.29) is 18.2 Å². The van der Waals surface area contributed by atoms with E-state index in [0.717, 1.165) is 29.4 Å². The molecule has 0 spiro atoms. The number of methoxy groups -OCH3 is 1. The largest absolute Gasteiger partial charge is 0.378 e. The van der Waals surface area contributed by atoms with E-state index in [4.69, 9.17) is 15.5 Å². The van der Waals surface area contributed by atoms with Crippen LogP contribution in [0.2, 0.25) is 0 Å². The lowest BCUT2D eigenvalue weighted by Crippen LogP contribution is -2.56. The number of hydrogen-bond donors (Lipinski definition) is 3. The van der Waals surface area contributed by atoms with Crippen LogP contribution in [-0.4, -0.2) is 55.4 Å². The number of fused-ring (bicyclic) bond motifs is 1. The monoisotopic (exact) mass is 439 g/mol. The van der Waals surface area contributed by atoms with Crippen molar-refractivity contribution in [2.24, 2.45) is 5.73 Å². The minimum atomic E-state index is -0.378. The first-order valence-electron chi connectivity index (χ1n) is 12.0. The highest BCUT2D eigenvalue weighted by Gasteiger charge is 2.33. The molecule has 1 amide bonds. The zero-order valence-electron chi connectivity index (χ0n) is 19.6. The number of anilines is 1. The number of carbonyl (C=O) groups is 1. The van der Waals surface area contributed by atoms with Gasteiger partial charge in [-0.15, -0.1) is 0 Å². The maximum Gasteiger partial charge on any atom is 0.256 e. The lowest BCUT2D eigenvalue weighted by atomic mass is 9.99. The van der Waals surface area contributed by atoms with Crippen molar-refractivity contribution in [1.82, 2.24) is 15.6 Å². The smallest absolute Gasteiger partial charge is 0.256 e. The van der Waals surface area contributed by atoms with Crippen LogP contribution in [0.5, 0.6) is 0 Å². The molecule has 1 aliphatic carbocycles. The van der Waals surface area contributed by atoms with E-state index in [2.05, 4.69) is 27.7 Å². The number of nitrogens with two attached hydrogens (primary N) is 1. The minimum absolute atomic E-state index is 0.0497. The predicted octanol–water partition coefficient (Wildman–Crippen LogP) is 3.09. The third-order valence-electron chi connectivity index (χ3n) is 6.92. The molecule has 174 valence electrons. The number of pyridine rings is 1. The second kappa shape index (κ2) is 10.1. The van der Waals surface area contributed by atoms with Gasteiger partial charge in [-0.2, -0.15) is 0 Å². The summed E-state index contributed by atoms with van der Waals surface area (Å²) < 4.78 is 5.90. The number of hydrogen-bond acceptors (Lipinski definition) is 6. The van der Waals surface area contributed by atoms with E-state index in [1.54, 1.807) is 7.11 Å². The molecule has 1 aromatic heterocycles. The lowest BCUT2D eigenvalue weighted by molar-refractivity contribution is 0.0557. The van der Waals surface area contributed by atoms with Crippen LogP contribution in [-0.2, 0) is 4.74 Å². The van der Waals surface area contributed by atoms with Gasteiger partial charge >= 0.3 is 0 Å². The van der Waals surface area contributed by atoms with Crippen LogP contribution in [0.3, 0.4) is 0 Å². The fourth-order valence-electron chi connectivity index (χ4n) is 4.98. The van der Waals surface area contributed by atoms with Crippen LogP contribution < -0.4 is 21.3 Å². The van der Waals surface area contributed by atoms with E-state index in [9.17, 15) is 4.79 Å². The second-order valence-corrected chi connectivity index (χ2v) is 9.31. The zero-order chi connectivity index (χ0) is 22.7. The molecule has 7 heteroatoms. The summed E-state index contributed by atoms with van der Waals surface area (Å²) in [5, 5.41) is 7.71. The summed E-state index contributed by atoms with van der Waals surface area (Å²) >= 11 is 0. The number of rotatable bonds is 7. The molecule has 4 rings (SSSR count). The second-order valence-electron chi connectivity index (χ2n) is 9.31. The Balaban J connectivity index is 1.62. The van der Waals surface area contributed by atoms with Gasteiger partial charge in [0.2, 0.25) is 0 Å². The Hall–Kier alpha value is -2.22. The number of aryl methyl sites for hydroxylation is 1. The Kier molecular flexibility index (Phi) is 7.28. The average Bonchev–Trinajstić information content (AvgIpc) is 3.31. The summed E-state index contributed by atoms with van der Waals surface area (Å²) in [6.07, 6.45) is 6.43. The molecule has 4 N–H and O–H groups in total. The Bertz CT molecular complexity index is 943. The number of piperidine rings is 1. The number of aromatic nitrogens is 1. The zero-order valence-corrected chi connectivity index (χ0v) is 19.6. The van der Waals surface area contributed by atoms with Gasteiger partial charge in [0.1, 0.15) is 5.82 Å². The fraction of sp³-hybridized carbons (Fsp3) is 0.600. The van der Waals surface area contributed by atoms with Crippen molar-refractivity contribution in [3.8, 4) is 0 Å². The van der Waals surface area contributed by atoms with E-state index >= 15 is 0 Å². The van der Waals surface area contributed by atoms with Gasteiger partial charge in [0, 0.05) is 37.7 Å². The van der Waals surface area contributed by atoms with Crippen molar-refractivity contribution >= 4 is 22.6 Å². The van der Waals surface area contributed by atoms with Crippen molar-refractivity contribution in [2.75, 3.05) is 25.1 Å². The summed E-state index contributed by atoms with van der Waals surface area (Å²) in [6, 6.07) is 9.03. The number of nitrogens with zero attached hydrogens (tertiary/aromatic N) is 2. The van der Waals surface area contributed by atoms with E-state index in [1.165, 1.54) is 25.7 Å². The number of carbonyl (C=O) groups excluding carboxylic acids is 1. The molecule has 1 aromatic carbocycles. The molecule has 3 atom stereocenters. The van der Waals surface area contributed by atoms with Crippen molar-refractivity contribution in [1.29, 1.82) is 0 Å². The van der Waals surface area contributed by atoms with Crippen LogP contribution in [0.25, 0.3) is 10.9 Å². The number of benzene rings is 1. The number of amides is 1.